The Bertz CT molecular complexity index is 857. The molecule has 1 aliphatic rings. The van der Waals surface area contributed by atoms with E-state index >= 15 is 0 Å². The van der Waals surface area contributed by atoms with E-state index in [4.69, 9.17) is 10.5 Å². The smallest absolute Gasteiger partial charge is 0.410 e. The molecule has 7 heteroatoms. The van der Waals surface area contributed by atoms with E-state index in [0.717, 1.165) is 11.1 Å². The zero-order chi connectivity index (χ0) is 21.5. The fourth-order valence-corrected chi connectivity index (χ4v) is 3.62. The number of rotatable bonds is 6. The summed E-state index contributed by atoms with van der Waals surface area (Å²) in [6.07, 6.45) is 0.283. The topological polar surface area (TPSA) is 87.9 Å². The van der Waals surface area contributed by atoms with Crippen LogP contribution in [0.4, 0.5) is 10.5 Å². The molecule has 2 aromatic carbocycles. The molecule has 1 fully saturated rings. The number of piperidine rings is 1. The Morgan fingerprint density at radius 2 is 1.83 bits per heavy atom. The molecule has 0 radical (unpaired) electrons. The molecular weight excluding hydrogens is 380 g/mol. The van der Waals surface area contributed by atoms with Crippen LogP contribution in [0.3, 0.4) is 0 Å². The van der Waals surface area contributed by atoms with Crippen molar-refractivity contribution < 1.29 is 14.3 Å². The Hall–Kier alpha value is -2.90. The molecule has 2 amide bonds. The standard InChI is InChI=1S/C23H30N4O3/c1-26(2)21-12-19(22(28)25-20-10-6-9-18(11-20)13-24)14-27(15-21)23(29)30-16-17-7-4-3-5-8-17/h3-11,19,21H,12-16,24H2,1-2H3,(H,25,28)/t19-,21+/m0/s1. The lowest BCUT2D eigenvalue weighted by atomic mass is 9.93. The minimum absolute atomic E-state index is 0.0779. The molecule has 0 unspecified atom stereocenters. The van der Waals surface area contributed by atoms with Gasteiger partial charge in [-0.15, -0.1) is 0 Å². The summed E-state index contributed by atoms with van der Waals surface area (Å²) >= 11 is 0. The van der Waals surface area contributed by atoms with E-state index in [0.29, 0.717) is 31.7 Å². The van der Waals surface area contributed by atoms with E-state index in [1.54, 1.807) is 4.90 Å². The highest BCUT2D eigenvalue weighted by molar-refractivity contribution is 5.93. The number of carbonyl (C=O) groups excluding carboxylic acids is 2. The second-order valence-corrected chi connectivity index (χ2v) is 7.89. The third kappa shape index (κ3) is 5.81. The van der Waals surface area contributed by atoms with Gasteiger partial charge in [0, 0.05) is 31.4 Å². The second-order valence-electron chi connectivity index (χ2n) is 7.89. The van der Waals surface area contributed by atoms with E-state index in [9.17, 15) is 9.59 Å². The normalized spacial score (nSPS) is 18.9. The molecular formula is C23H30N4O3. The largest absolute Gasteiger partial charge is 0.445 e. The molecule has 0 bridgehead atoms. The van der Waals surface area contributed by atoms with Crippen LogP contribution in [0.5, 0.6) is 0 Å². The lowest BCUT2D eigenvalue weighted by Gasteiger charge is -2.39. The van der Waals surface area contributed by atoms with Crippen LogP contribution in [0.25, 0.3) is 0 Å². The van der Waals surface area contributed by atoms with Crippen molar-refractivity contribution in [1.29, 1.82) is 0 Å². The Morgan fingerprint density at radius 1 is 1.10 bits per heavy atom. The van der Waals surface area contributed by atoms with Crippen LogP contribution in [0.15, 0.2) is 54.6 Å². The van der Waals surface area contributed by atoms with Gasteiger partial charge in [-0.2, -0.15) is 0 Å². The quantitative estimate of drug-likeness (QED) is 0.764. The summed E-state index contributed by atoms with van der Waals surface area (Å²) < 4.78 is 5.50. The summed E-state index contributed by atoms with van der Waals surface area (Å²) in [5.74, 6) is -0.423. The van der Waals surface area contributed by atoms with E-state index < -0.39 is 6.09 Å². The van der Waals surface area contributed by atoms with Gasteiger partial charge in [-0.05, 0) is 43.8 Å². The summed E-state index contributed by atoms with van der Waals surface area (Å²) in [6, 6.07) is 17.1. The van der Waals surface area contributed by atoms with Gasteiger partial charge in [0.15, 0.2) is 0 Å². The summed E-state index contributed by atoms with van der Waals surface area (Å²) in [6.45, 7) is 1.50. The number of likely N-dealkylation sites (N-methyl/N-ethyl adjacent to an activating group) is 1. The number of hydrogen-bond acceptors (Lipinski definition) is 5. The Morgan fingerprint density at radius 3 is 2.53 bits per heavy atom. The molecule has 1 heterocycles. The van der Waals surface area contributed by atoms with Crippen molar-refractivity contribution in [3.63, 3.8) is 0 Å². The number of nitrogens with two attached hydrogens (primary N) is 1. The van der Waals surface area contributed by atoms with Crippen LogP contribution in [0.2, 0.25) is 0 Å². The average Bonchev–Trinajstić information content (AvgIpc) is 2.77. The molecule has 7 nitrogen and oxygen atoms in total. The number of nitrogens with one attached hydrogen (secondary N) is 1. The highest BCUT2D eigenvalue weighted by atomic mass is 16.6. The zero-order valence-electron chi connectivity index (χ0n) is 17.6. The Labute approximate surface area is 177 Å². The first-order valence-corrected chi connectivity index (χ1v) is 10.2. The number of benzene rings is 2. The van der Waals surface area contributed by atoms with Gasteiger partial charge in [0.2, 0.25) is 5.91 Å². The number of likely N-dealkylation sites (tertiary alicyclic amines) is 1. The van der Waals surface area contributed by atoms with E-state index in [2.05, 4.69) is 5.32 Å². The van der Waals surface area contributed by atoms with E-state index in [-0.39, 0.29) is 24.5 Å². The SMILES string of the molecule is CN(C)[C@@H]1C[C@H](C(=O)Nc2cccc(CN)c2)CN(C(=O)OCc2ccccc2)C1. The number of amides is 2. The number of carbonyl (C=O) groups is 2. The van der Waals surface area contributed by atoms with Crippen LogP contribution < -0.4 is 11.1 Å². The first kappa shape index (κ1) is 21.8. The fourth-order valence-electron chi connectivity index (χ4n) is 3.62. The number of ether oxygens (including phenoxy) is 1. The number of anilines is 1. The van der Waals surface area contributed by atoms with Crippen LogP contribution >= 0.6 is 0 Å². The van der Waals surface area contributed by atoms with Crippen LogP contribution in [0, 0.1) is 5.92 Å². The van der Waals surface area contributed by atoms with E-state index in [1.807, 2.05) is 73.6 Å². The highest BCUT2D eigenvalue weighted by Gasteiger charge is 2.35. The summed E-state index contributed by atoms with van der Waals surface area (Å²) in [7, 11) is 3.92. The van der Waals surface area contributed by atoms with Gasteiger partial charge in [0.1, 0.15) is 6.61 Å². The molecule has 30 heavy (non-hydrogen) atoms. The lowest BCUT2D eigenvalue weighted by Crippen LogP contribution is -2.53. The van der Waals surface area contributed by atoms with Crippen molar-refractivity contribution >= 4 is 17.7 Å². The maximum absolute atomic E-state index is 12.9. The first-order chi connectivity index (χ1) is 14.5. The van der Waals surface area contributed by atoms with Gasteiger partial charge in [-0.1, -0.05) is 42.5 Å². The monoisotopic (exact) mass is 410 g/mol. The molecule has 3 N–H and O–H groups in total. The maximum atomic E-state index is 12.9. The summed E-state index contributed by atoms with van der Waals surface area (Å²) in [4.78, 5) is 29.3. The van der Waals surface area contributed by atoms with Crippen molar-refractivity contribution in [2.45, 2.75) is 25.6 Å². The van der Waals surface area contributed by atoms with Gasteiger partial charge in [0.25, 0.3) is 0 Å². The van der Waals surface area contributed by atoms with Crippen molar-refractivity contribution in [3.8, 4) is 0 Å². The molecule has 160 valence electrons. The predicted octanol–water partition coefficient (Wildman–Crippen LogP) is 2.67. The van der Waals surface area contributed by atoms with Crippen molar-refractivity contribution in [1.82, 2.24) is 9.80 Å². The van der Waals surface area contributed by atoms with Crippen molar-refractivity contribution in [3.05, 3.63) is 65.7 Å². The number of hydrogen-bond donors (Lipinski definition) is 2. The lowest BCUT2D eigenvalue weighted by molar-refractivity contribution is -0.122. The molecule has 1 saturated heterocycles. The zero-order valence-corrected chi connectivity index (χ0v) is 17.6. The molecule has 2 aromatic rings. The van der Waals surface area contributed by atoms with Gasteiger partial charge in [-0.25, -0.2) is 4.79 Å². The van der Waals surface area contributed by atoms with Gasteiger partial charge >= 0.3 is 6.09 Å². The summed E-state index contributed by atoms with van der Waals surface area (Å²) in [5, 5.41) is 2.97. The molecule has 3 rings (SSSR count). The maximum Gasteiger partial charge on any atom is 0.410 e. The van der Waals surface area contributed by atoms with Crippen LogP contribution in [0.1, 0.15) is 17.5 Å². The number of nitrogens with zero attached hydrogens (tertiary/aromatic N) is 2. The molecule has 2 atom stereocenters. The van der Waals surface area contributed by atoms with Gasteiger partial charge in [0.05, 0.1) is 5.92 Å². The molecule has 0 aliphatic carbocycles. The minimum atomic E-state index is -0.395. The third-order valence-electron chi connectivity index (χ3n) is 5.42. The summed E-state index contributed by atoms with van der Waals surface area (Å²) in [5.41, 5.74) is 8.29. The Balaban J connectivity index is 1.65. The molecule has 0 saturated carbocycles. The van der Waals surface area contributed by atoms with Crippen molar-refractivity contribution in [2.75, 3.05) is 32.5 Å². The molecule has 1 aliphatic heterocycles. The van der Waals surface area contributed by atoms with Crippen molar-refractivity contribution in [2.24, 2.45) is 11.7 Å². The average molecular weight is 411 g/mol. The van der Waals surface area contributed by atoms with Gasteiger partial charge in [-0.3, -0.25) is 4.79 Å². The fraction of sp³-hybridized carbons (Fsp3) is 0.391. The van der Waals surface area contributed by atoms with Crippen LogP contribution in [-0.4, -0.2) is 55.0 Å². The van der Waals surface area contributed by atoms with Crippen LogP contribution in [-0.2, 0) is 22.7 Å². The van der Waals surface area contributed by atoms with Gasteiger partial charge < -0.3 is 25.6 Å². The predicted molar refractivity (Wildman–Crippen MR) is 117 cm³/mol. The first-order valence-electron chi connectivity index (χ1n) is 10.2. The minimum Gasteiger partial charge on any atom is -0.445 e. The molecule has 0 spiro atoms. The second kappa shape index (κ2) is 10.2. The molecule has 0 aromatic heterocycles. The highest BCUT2D eigenvalue weighted by Crippen LogP contribution is 2.23. The van der Waals surface area contributed by atoms with E-state index in [1.165, 1.54) is 0 Å². The third-order valence-corrected chi connectivity index (χ3v) is 5.42. The Kier molecular flexibility index (Phi) is 7.43.